The molecular weight excluding hydrogens is 407 g/mol. The molecular formula is C16H23IN4O2. The number of halogens is 1. The Balaban J connectivity index is 1.85. The number of nitrogens with zero attached hydrogens (tertiary/aromatic N) is 2. The molecule has 0 saturated carbocycles. The van der Waals surface area contributed by atoms with E-state index in [0.717, 1.165) is 9.26 Å². The van der Waals surface area contributed by atoms with Crippen LogP contribution in [0.4, 0.5) is 10.5 Å². The number of rotatable bonds is 4. The SMILES string of the molecule is CCNC(=O)N1CCN(C(C)C(=O)Nc2cccc(I)c2)CC1. The van der Waals surface area contributed by atoms with Gasteiger partial charge in [0.2, 0.25) is 5.91 Å². The van der Waals surface area contributed by atoms with Crippen LogP contribution in [0.15, 0.2) is 24.3 Å². The molecule has 6 nitrogen and oxygen atoms in total. The fraction of sp³-hybridized carbons (Fsp3) is 0.500. The summed E-state index contributed by atoms with van der Waals surface area (Å²) in [5.74, 6) is -0.0153. The fourth-order valence-corrected chi connectivity index (χ4v) is 3.10. The minimum atomic E-state index is -0.218. The van der Waals surface area contributed by atoms with Crippen molar-refractivity contribution in [1.29, 1.82) is 0 Å². The molecule has 1 aliphatic heterocycles. The number of amides is 3. The Morgan fingerprint density at radius 3 is 2.57 bits per heavy atom. The Labute approximate surface area is 150 Å². The third-order valence-electron chi connectivity index (χ3n) is 3.95. The number of nitrogens with one attached hydrogen (secondary N) is 2. The number of carbonyl (C=O) groups excluding carboxylic acids is 2. The molecule has 1 saturated heterocycles. The zero-order valence-corrected chi connectivity index (χ0v) is 15.7. The second-order valence-corrected chi connectivity index (χ2v) is 6.78. The molecule has 0 bridgehead atoms. The number of piperazine rings is 1. The van der Waals surface area contributed by atoms with Crippen LogP contribution in [-0.4, -0.2) is 60.5 Å². The van der Waals surface area contributed by atoms with Gasteiger partial charge in [0.15, 0.2) is 0 Å². The molecule has 23 heavy (non-hydrogen) atoms. The summed E-state index contributed by atoms with van der Waals surface area (Å²) in [4.78, 5) is 28.1. The van der Waals surface area contributed by atoms with Gasteiger partial charge in [-0.25, -0.2) is 4.79 Å². The predicted octanol–water partition coefficient (Wildman–Crippen LogP) is 1.97. The average molecular weight is 430 g/mol. The van der Waals surface area contributed by atoms with Gasteiger partial charge in [-0.15, -0.1) is 0 Å². The first-order chi connectivity index (χ1) is 11.0. The number of hydrogen-bond donors (Lipinski definition) is 2. The van der Waals surface area contributed by atoms with Crippen molar-refractivity contribution >= 4 is 40.2 Å². The van der Waals surface area contributed by atoms with E-state index >= 15 is 0 Å². The lowest BCUT2D eigenvalue weighted by Crippen LogP contribution is -2.55. The molecule has 1 aromatic carbocycles. The van der Waals surface area contributed by atoms with Crippen molar-refractivity contribution in [2.24, 2.45) is 0 Å². The minimum Gasteiger partial charge on any atom is -0.338 e. The summed E-state index contributed by atoms with van der Waals surface area (Å²) >= 11 is 2.22. The quantitative estimate of drug-likeness (QED) is 0.719. The normalized spacial score (nSPS) is 16.7. The van der Waals surface area contributed by atoms with Crippen LogP contribution >= 0.6 is 22.6 Å². The first-order valence-corrected chi connectivity index (χ1v) is 8.92. The first kappa shape index (κ1) is 18.0. The molecule has 3 amide bonds. The molecule has 0 spiro atoms. The second kappa shape index (κ2) is 8.49. The fourth-order valence-electron chi connectivity index (χ4n) is 2.55. The van der Waals surface area contributed by atoms with Crippen LogP contribution in [0.5, 0.6) is 0 Å². The van der Waals surface area contributed by atoms with Gasteiger partial charge < -0.3 is 15.5 Å². The molecule has 1 atom stereocenters. The Hall–Kier alpha value is -1.35. The minimum absolute atomic E-state index is 0.0153. The monoisotopic (exact) mass is 430 g/mol. The lowest BCUT2D eigenvalue weighted by molar-refractivity contribution is -0.121. The number of carbonyl (C=O) groups is 2. The summed E-state index contributed by atoms with van der Waals surface area (Å²) in [5, 5.41) is 5.76. The van der Waals surface area contributed by atoms with E-state index in [4.69, 9.17) is 0 Å². The molecule has 126 valence electrons. The summed E-state index contributed by atoms with van der Waals surface area (Å²) in [6.07, 6.45) is 0. The molecule has 7 heteroatoms. The third-order valence-corrected chi connectivity index (χ3v) is 4.62. The summed E-state index contributed by atoms with van der Waals surface area (Å²) in [5.41, 5.74) is 0.815. The van der Waals surface area contributed by atoms with Gasteiger partial charge in [-0.05, 0) is 54.6 Å². The van der Waals surface area contributed by atoms with E-state index < -0.39 is 0 Å². The highest BCUT2D eigenvalue weighted by Gasteiger charge is 2.27. The predicted molar refractivity (Wildman–Crippen MR) is 99.5 cm³/mol. The van der Waals surface area contributed by atoms with Crippen LogP contribution in [0, 0.1) is 3.57 Å². The van der Waals surface area contributed by atoms with Crippen LogP contribution < -0.4 is 10.6 Å². The summed E-state index contributed by atoms with van der Waals surface area (Å²) in [6.45, 7) is 7.15. The van der Waals surface area contributed by atoms with E-state index in [9.17, 15) is 9.59 Å². The molecule has 0 radical (unpaired) electrons. The smallest absolute Gasteiger partial charge is 0.317 e. The second-order valence-electron chi connectivity index (χ2n) is 5.53. The van der Waals surface area contributed by atoms with Gasteiger partial charge >= 0.3 is 6.03 Å². The van der Waals surface area contributed by atoms with Gasteiger partial charge in [-0.3, -0.25) is 9.69 Å². The van der Waals surface area contributed by atoms with Crippen molar-refractivity contribution < 1.29 is 9.59 Å². The molecule has 1 heterocycles. The van der Waals surface area contributed by atoms with Crippen molar-refractivity contribution in [2.75, 3.05) is 38.0 Å². The summed E-state index contributed by atoms with van der Waals surface area (Å²) in [6, 6.07) is 7.50. The van der Waals surface area contributed by atoms with Gasteiger partial charge in [-0.1, -0.05) is 6.07 Å². The number of benzene rings is 1. The van der Waals surface area contributed by atoms with Gasteiger partial charge in [0.25, 0.3) is 0 Å². The first-order valence-electron chi connectivity index (χ1n) is 7.84. The van der Waals surface area contributed by atoms with Crippen LogP contribution in [0.1, 0.15) is 13.8 Å². The van der Waals surface area contributed by atoms with Crippen LogP contribution in [0.3, 0.4) is 0 Å². The molecule has 1 aromatic rings. The maximum Gasteiger partial charge on any atom is 0.317 e. The van der Waals surface area contributed by atoms with Crippen LogP contribution in [-0.2, 0) is 4.79 Å². The largest absolute Gasteiger partial charge is 0.338 e. The molecule has 1 fully saturated rings. The molecule has 2 N–H and O–H groups in total. The van der Waals surface area contributed by atoms with Crippen molar-refractivity contribution in [3.8, 4) is 0 Å². The van der Waals surface area contributed by atoms with Crippen molar-refractivity contribution in [3.05, 3.63) is 27.8 Å². The lowest BCUT2D eigenvalue weighted by Gasteiger charge is -2.37. The topological polar surface area (TPSA) is 64.7 Å². The highest BCUT2D eigenvalue weighted by molar-refractivity contribution is 14.1. The maximum atomic E-state index is 12.4. The molecule has 0 aromatic heterocycles. The standard InChI is InChI=1S/C16H23IN4O2/c1-3-18-16(23)21-9-7-20(8-10-21)12(2)15(22)19-14-6-4-5-13(17)11-14/h4-6,11-12H,3,7-10H2,1-2H3,(H,18,23)(H,19,22). The Kier molecular flexibility index (Phi) is 6.64. The van der Waals surface area contributed by atoms with Crippen molar-refractivity contribution in [1.82, 2.24) is 15.1 Å². The lowest BCUT2D eigenvalue weighted by atomic mass is 10.2. The van der Waals surface area contributed by atoms with Crippen LogP contribution in [0.2, 0.25) is 0 Å². The van der Waals surface area contributed by atoms with Gasteiger partial charge in [0, 0.05) is 42.0 Å². The van der Waals surface area contributed by atoms with E-state index in [-0.39, 0.29) is 18.0 Å². The summed E-state index contributed by atoms with van der Waals surface area (Å²) < 4.78 is 1.09. The van der Waals surface area contributed by atoms with Gasteiger partial charge in [-0.2, -0.15) is 0 Å². The molecule has 0 aliphatic carbocycles. The Bertz CT molecular complexity index is 559. The molecule has 1 aliphatic rings. The van der Waals surface area contributed by atoms with E-state index in [2.05, 4.69) is 38.1 Å². The van der Waals surface area contributed by atoms with E-state index in [1.807, 2.05) is 38.1 Å². The maximum absolute atomic E-state index is 12.4. The number of urea groups is 1. The Morgan fingerprint density at radius 2 is 1.96 bits per heavy atom. The van der Waals surface area contributed by atoms with E-state index in [1.165, 1.54) is 0 Å². The Morgan fingerprint density at radius 1 is 1.26 bits per heavy atom. The van der Waals surface area contributed by atoms with E-state index in [1.54, 1.807) is 4.90 Å². The van der Waals surface area contributed by atoms with Crippen molar-refractivity contribution in [3.63, 3.8) is 0 Å². The highest BCUT2D eigenvalue weighted by Crippen LogP contribution is 2.14. The number of anilines is 1. The highest BCUT2D eigenvalue weighted by atomic mass is 127. The van der Waals surface area contributed by atoms with E-state index in [0.29, 0.717) is 32.7 Å². The van der Waals surface area contributed by atoms with Crippen molar-refractivity contribution in [2.45, 2.75) is 19.9 Å². The van der Waals surface area contributed by atoms with Gasteiger partial charge in [0.1, 0.15) is 0 Å². The third kappa shape index (κ3) is 5.07. The molecule has 2 rings (SSSR count). The zero-order valence-electron chi connectivity index (χ0n) is 13.5. The zero-order chi connectivity index (χ0) is 16.8. The van der Waals surface area contributed by atoms with Crippen LogP contribution in [0.25, 0.3) is 0 Å². The summed E-state index contributed by atoms with van der Waals surface area (Å²) in [7, 11) is 0. The number of hydrogen-bond acceptors (Lipinski definition) is 3. The van der Waals surface area contributed by atoms with Gasteiger partial charge in [0.05, 0.1) is 6.04 Å². The molecule has 1 unspecified atom stereocenters. The average Bonchev–Trinajstić information content (AvgIpc) is 2.54.